The molecule has 1 aliphatic rings. The fourth-order valence-electron chi connectivity index (χ4n) is 3.39. The first-order valence-corrected chi connectivity index (χ1v) is 9.36. The van der Waals surface area contributed by atoms with Crippen molar-refractivity contribution in [3.05, 3.63) is 66.4 Å². The number of nitrogens with zero attached hydrogens (tertiary/aromatic N) is 2. The normalized spacial score (nSPS) is 18.0. The summed E-state index contributed by atoms with van der Waals surface area (Å²) in [6.07, 6.45) is 0. The molecule has 5 heteroatoms. The zero-order valence-electron chi connectivity index (χ0n) is 16.6. The number of para-hydroxylation sites is 1. The van der Waals surface area contributed by atoms with Crippen LogP contribution in [0.4, 0.5) is 0 Å². The molecule has 4 rings (SSSR count). The highest BCUT2D eigenvalue weighted by Crippen LogP contribution is 2.37. The lowest BCUT2D eigenvalue weighted by Gasteiger charge is -2.32. The Labute approximate surface area is 161 Å². The summed E-state index contributed by atoms with van der Waals surface area (Å²) in [7, 11) is -0.456. The number of hydrogen-bond donors (Lipinski definition) is 0. The minimum atomic E-state index is -0.456. The number of benzene rings is 2. The van der Waals surface area contributed by atoms with Gasteiger partial charge in [0.25, 0.3) is 0 Å². The molecule has 1 saturated heterocycles. The van der Waals surface area contributed by atoms with Crippen LogP contribution >= 0.6 is 0 Å². The van der Waals surface area contributed by atoms with E-state index in [1.807, 2.05) is 41.1 Å². The summed E-state index contributed by atoms with van der Waals surface area (Å²) in [5.41, 5.74) is 4.20. The van der Waals surface area contributed by atoms with Crippen molar-refractivity contribution in [3.8, 4) is 16.9 Å². The Morgan fingerprint density at radius 2 is 1.33 bits per heavy atom. The van der Waals surface area contributed by atoms with Gasteiger partial charge in [-0.25, -0.2) is 4.68 Å². The Hall–Kier alpha value is -2.37. The highest BCUT2D eigenvalue weighted by molar-refractivity contribution is 6.64. The Morgan fingerprint density at radius 1 is 0.815 bits per heavy atom. The first-order chi connectivity index (χ1) is 12.8. The van der Waals surface area contributed by atoms with Crippen molar-refractivity contribution in [1.29, 1.82) is 0 Å². The Kier molecular flexibility index (Phi) is 4.24. The van der Waals surface area contributed by atoms with Gasteiger partial charge in [0.05, 0.1) is 22.6 Å². The predicted octanol–water partition coefficient (Wildman–Crippen LogP) is 4.15. The van der Waals surface area contributed by atoms with Gasteiger partial charge in [-0.2, -0.15) is 5.10 Å². The average Bonchev–Trinajstić information content (AvgIpc) is 3.09. The van der Waals surface area contributed by atoms with Gasteiger partial charge in [0.1, 0.15) is 0 Å². The lowest BCUT2D eigenvalue weighted by Crippen LogP contribution is -2.41. The second kappa shape index (κ2) is 6.36. The molecule has 0 unspecified atom stereocenters. The van der Waals surface area contributed by atoms with E-state index in [2.05, 4.69) is 58.9 Å². The van der Waals surface area contributed by atoms with Crippen molar-refractivity contribution < 1.29 is 9.31 Å². The zero-order valence-corrected chi connectivity index (χ0v) is 16.6. The maximum atomic E-state index is 6.37. The SMILES string of the molecule is Cc1c(B2OC(C)(C)C(C)(C)O2)c(-c2ccccc2)nn1-c1ccccc1. The quantitative estimate of drug-likeness (QED) is 0.659. The van der Waals surface area contributed by atoms with E-state index in [1.54, 1.807) is 0 Å². The van der Waals surface area contributed by atoms with Gasteiger partial charge < -0.3 is 9.31 Å². The van der Waals surface area contributed by atoms with Crippen LogP contribution in [0.1, 0.15) is 33.4 Å². The van der Waals surface area contributed by atoms with Gasteiger partial charge in [-0.15, -0.1) is 0 Å². The van der Waals surface area contributed by atoms with E-state index in [4.69, 9.17) is 14.4 Å². The number of hydrogen-bond acceptors (Lipinski definition) is 3. The van der Waals surface area contributed by atoms with Crippen LogP contribution < -0.4 is 5.46 Å². The topological polar surface area (TPSA) is 36.3 Å². The molecular weight excluding hydrogens is 335 g/mol. The molecule has 1 aliphatic heterocycles. The number of rotatable bonds is 3. The molecule has 0 spiro atoms. The van der Waals surface area contributed by atoms with E-state index < -0.39 is 18.3 Å². The van der Waals surface area contributed by atoms with E-state index in [0.717, 1.165) is 28.1 Å². The van der Waals surface area contributed by atoms with Crippen molar-refractivity contribution in [2.45, 2.75) is 45.8 Å². The van der Waals surface area contributed by atoms with Gasteiger partial charge in [-0.1, -0.05) is 48.5 Å². The summed E-state index contributed by atoms with van der Waals surface area (Å²) in [6, 6.07) is 20.4. The fourth-order valence-corrected chi connectivity index (χ4v) is 3.39. The first kappa shape index (κ1) is 18.0. The van der Waals surface area contributed by atoms with Crippen molar-refractivity contribution in [3.63, 3.8) is 0 Å². The zero-order chi connectivity index (χ0) is 19.2. The maximum Gasteiger partial charge on any atom is 0.499 e. The standard InChI is InChI=1S/C22H25BN2O2/c1-16-19(23-26-21(2,3)22(4,5)27-23)20(17-12-8-6-9-13-17)24-25(16)18-14-10-7-11-15-18/h6-15H,1-5H3. The minimum absolute atomic E-state index is 0.396. The molecule has 1 fully saturated rings. The van der Waals surface area contributed by atoms with Crippen LogP contribution in [0.15, 0.2) is 60.7 Å². The van der Waals surface area contributed by atoms with Crippen LogP contribution in [-0.2, 0) is 9.31 Å². The lowest BCUT2D eigenvalue weighted by atomic mass is 9.76. The Bertz CT molecular complexity index is 933. The molecule has 2 heterocycles. The van der Waals surface area contributed by atoms with Gasteiger partial charge in [0, 0.05) is 16.7 Å². The molecule has 0 amide bonds. The van der Waals surface area contributed by atoms with Crippen LogP contribution in [0, 0.1) is 6.92 Å². The third kappa shape index (κ3) is 3.01. The summed E-state index contributed by atoms with van der Waals surface area (Å²) in [4.78, 5) is 0. The molecular formula is C22H25BN2O2. The molecule has 0 saturated carbocycles. The first-order valence-electron chi connectivity index (χ1n) is 9.36. The van der Waals surface area contributed by atoms with Gasteiger partial charge >= 0.3 is 7.12 Å². The van der Waals surface area contributed by atoms with Crippen molar-refractivity contribution in [2.75, 3.05) is 0 Å². The highest BCUT2D eigenvalue weighted by Gasteiger charge is 2.53. The summed E-state index contributed by atoms with van der Waals surface area (Å²) in [5, 5.41) is 4.95. The van der Waals surface area contributed by atoms with Crippen molar-refractivity contribution >= 4 is 12.6 Å². The predicted molar refractivity (Wildman–Crippen MR) is 109 cm³/mol. The monoisotopic (exact) mass is 360 g/mol. The smallest absolute Gasteiger partial charge is 0.399 e. The molecule has 0 atom stereocenters. The van der Waals surface area contributed by atoms with Crippen molar-refractivity contribution in [1.82, 2.24) is 9.78 Å². The summed E-state index contributed by atoms with van der Waals surface area (Å²) < 4.78 is 14.7. The van der Waals surface area contributed by atoms with Gasteiger partial charge in [0.15, 0.2) is 0 Å². The van der Waals surface area contributed by atoms with Gasteiger partial charge in [-0.05, 0) is 46.8 Å². The van der Waals surface area contributed by atoms with E-state index in [0.29, 0.717) is 0 Å². The van der Waals surface area contributed by atoms with Crippen LogP contribution in [0.3, 0.4) is 0 Å². The summed E-state index contributed by atoms with van der Waals surface area (Å²) in [5.74, 6) is 0. The van der Waals surface area contributed by atoms with E-state index in [-0.39, 0.29) is 0 Å². The largest absolute Gasteiger partial charge is 0.499 e. The third-order valence-corrected chi connectivity index (χ3v) is 5.70. The summed E-state index contributed by atoms with van der Waals surface area (Å²) >= 11 is 0. The second-order valence-corrected chi connectivity index (χ2v) is 8.05. The van der Waals surface area contributed by atoms with Gasteiger partial charge in [-0.3, -0.25) is 0 Å². The molecule has 0 aliphatic carbocycles. The molecule has 1 aromatic heterocycles. The minimum Gasteiger partial charge on any atom is -0.399 e. The van der Waals surface area contributed by atoms with Gasteiger partial charge in [0.2, 0.25) is 0 Å². The Morgan fingerprint density at radius 3 is 1.89 bits per heavy atom. The molecule has 27 heavy (non-hydrogen) atoms. The van der Waals surface area contributed by atoms with E-state index in [1.165, 1.54) is 0 Å². The van der Waals surface area contributed by atoms with Crippen LogP contribution in [0.5, 0.6) is 0 Å². The Balaban J connectivity index is 1.89. The van der Waals surface area contributed by atoms with E-state index >= 15 is 0 Å². The molecule has 3 aromatic rings. The molecule has 2 aromatic carbocycles. The van der Waals surface area contributed by atoms with Crippen LogP contribution in [-0.4, -0.2) is 28.1 Å². The second-order valence-electron chi connectivity index (χ2n) is 8.05. The third-order valence-electron chi connectivity index (χ3n) is 5.70. The molecule has 0 N–H and O–H groups in total. The van der Waals surface area contributed by atoms with Crippen LogP contribution in [0.2, 0.25) is 0 Å². The lowest BCUT2D eigenvalue weighted by molar-refractivity contribution is 0.00578. The highest BCUT2D eigenvalue weighted by atomic mass is 16.7. The molecule has 0 bridgehead atoms. The van der Waals surface area contributed by atoms with Crippen LogP contribution in [0.25, 0.3) is 16.9 Å². The fraction of sp³-hybridized carbons (Fsp3) is 0.318. The van der Waals surface area contributed by atoms with Crippen molar-refractivity contribution in [2.24, 2.45) is 0 Å². The molecule has 138 valence electrons. The number of aromatic nitrogens is 2. The van der Waals surface area contributed by atoms with E-state index in [9.17, 15) is 0 Å². The maximum absolute atomic E-state index is 6.37. The molecule has 0 radical (unpaired) electrons. The molecule has 4 nitrogen and oxygen atoms in total. The summed E-state index contributed by atoms with van der Waals surface area (Å²) in [6.45, 7) is 10.4. The average molecular weight is 360 g/mol.